The van der Waals surface area contributed by atoms with Crippen LogP contribution in [-0.4, -0.2) is 88.5 Å². The van der Waals surface area contributed by atoms with Crippen molar-refractivity contribution in [2.45, 2.75) is 23.6 Å². The number of aryl methyl sites for hydroxylation is 2. The fourth-order valence-corrected chi connectivity index (χ4v) is 7.93. The Bertz CT molecular complexity index is 2850. The minimum atomic E-state index is -5.16. The van der Waals surface area contributed by atoms with E-state index in [1.807, 2.05) is 6.92 Å². The highest BCUT2D eigenvalue weighted by atomic mass is 32.2. The summed E-state index contributed by atoms with van der Waals surface area (Å²) >= 11 is -2.70. The molecule has 7 N–H and O–H groups in total. The van der Waals surface area contributed by atoms with E-state index < -0.39 is 105 Å². The second-order valence-corrected chi connectivity index (χ2v) is 17.8. The Kier molecular flexibility index (Phi) is 12.8. The maximum absolute atomic E-state index is 14.5. The number of phenols is 1. The highest BCUT2D eigenvalue weighted by molar-refractivity contribution is 7.91. The van der Waals surface area contributed by atoms with E-state index in [0.717, 1.165) is 34.7 Å². The van der Waals surface area contributed by atoms with Gasteiger partial charge in [0.1, 0.15) is 32.7 Å². The normalized spacial score (nSPS) is 13.1. The van der Waals surface area contributed by atoms with E-state index in [0.29, 0.717) is 11.3 Å². The SMILES string of the molecule is Cc1ccc(N=Nc2c(C)cc3cc(S(=O)(=O)O)c(N=Nc4cc(Nc5nc(F)nc(N(C)CS(=O)(=O)CCOS(=O)O)n5)ccc4S(=O)(=O)O)c(O)c3c2N)cc1. The van der Waals surface area contributed by atoms with Crippen LogP contribution in [0, 0.1) is 19.9 Å². The predicted molar refractivity (Wildman–Crippen MR) is 207 cm³/mol. The number of fused-ring (bicyclic) bond motifs is 1. The number of nitrogens with one attached hydrogen (secondary N) is 1. The topological polar surface area (TPSA) is 339 Å². The summed E-state index contributed by atoms with van der Waals surface area (Å²) in [5.74, 6) is -3.44. The lowest BCUT2D eigenvalue weighted by Gasteiger charge is -2.17. The number of rotatable bonds is 15. The zero-order valence-corrected chi connectivity index (χ0v) is 33.3. The van der Waals surface area contributed by atoms with E-state index in [1.54, 1.807) is 31.2 Å². The van der Waals surface area contributed by atoms with Gasteiger partial charge in [-0.3, -0.25) is 17.8 Å². The van der Waals surface area contributed by atoms with Gasteiger partial charge < -0.3 is 21.1 Å². The first kappa shape index (κ1) is 43.4. The average Bonchev–Trinajstić information content (AvgIpc) is 3.10. The number of hydrogen-bond donors (Lipinski definition) is 6. The number of anilines is 4. The summed E-state index contributed by atoms with van der Waals surface area (Å²) in [5.41, 5.74) is 6.43. The first-order chi connectivity index (χ1) is 27.0. The molecule has 308 valence electrons. The first-order valence-electron chi connectivity index (χ1n) is 15.9. The average molecular weight is 883 g/mol. The molecule has 1 heterocycles. The molecule has 0 saturated heterocycles. The van der Waals surface area contributed by atoms with Crippen molar-refractivity contribution in [3.8, 4) is 5.75 Å². The molecule has 27 heteroatoms. The molecule has 5 rings (SSSR count). The Balaban J connectivity index is 1.55. The van der Waals surface area contributed by atoms with E-state index in [1.165, 1.54) is 13.1 Å². The van der Waals surface area contributed by atoms with Crippen molar-refractivity contribution < 1.29 is 56.8 Å². The number of benzene rings is 4. The van der Waals surface area contributed by atoms with Gasteiger partial charge in [0.15, 0.2) is 15.6 Å². The maximum atomic E-state index is 14.5. The molecular formula is C31H31FN10O12S4. The van der Waals surface area contributed by atoms with Crippen molar-refractivity contribution in [2.75, 3.05) is 41.2 Å². The number of halogens is 1. The zero-order valence-electron chi connectivity index (χ0n) is 30.0. The van der Waals surface area contributed by atoms with Crippen molar-refractivity contribution in [2.24, 2.45) is 20.5 Å². The highest BCUT2D eigenvalue weighted by Crippen LogP contribution is 2.47. The minimum Gasteiger partial charge on any atom is -0.505 e. The van der Waals surface area contributed by atoms with E-state index >= 15 is 0 Å². The van der Waals surface area contributed by atoms with Gasteiger partial charge in [0, 0.05) is 12.7 Å². The van der Waals surface area contributed by atoms with Crippen molar-refractivity contribution in [3.05, 3.63) is 71.8 Å². The quantitative estimate of drug-likeness (QED) is 0.0345. The van der Waals surface area contributed by atoms with Crippen molar-refractivity contribution >= 4 is 98.2 Å². The van der Waals surface area contributed by atoms with Crippen molar-refractivity contribution in [1.82, 2.24) is 15.0 Å². The van der Waals surface area contributed by atoms with Gasteiger partial charge in [0.25, 0.3) is 20.2 Å². The Hall–Kier alpha value is -5.68. The number of sulfone groups is 1. The molecular weight excluding hydrogens is 852 g/mol. The van der Waals surface area contributed by atoms with Gasteiger partial charge in [-0.15, -0.1) is 15.3 Å². The van der Waals surface area contributed by atoms with Crippen LogP contribution < -0.4 is 16.0 Å². The molecule has 1 unspecified atom stereocenters. The van der Waals surface area contributed by atoms with Gasteiger partial charge in [-0.25, -0.2) is 8.42 Å². The molecule has 1 atom stereocenters. The first-order valence-corrected chi connectivity index (χ1v) is 21.7. The van der Waals surface area contributed by atoms with Crippen LogP contribution in [0.5, 0.6) is 5.75 Å². The van der Waals surface area contributed by atoms with E-state index in [9.17, 15) is 48.1 Å². The number of nitrogen functional groups attached to an aromatic ring is 1. The largest absolute Gasteiger partial charge is 0.505 e. The molecule has 5 aromatic rings. The summed E-state index contributed by atoms with van der Waals surface area (Å²) in [4.78, 5) is 9.93. The molecule has 0 aliphatic carbocycles. The van der Waals surface area contributed by atoms with Gasteiger partial charge >= 0.3 is 17.4 Å². The molecule has 0 fully saturated rings. The van der Waals surface area contributed by atoms with Gasteiger partial charge in [0.2, 0.25) is 11.9 Å². The third-order valence-corrected chi connectivity index (χ3v) is 11.5. The number of aromatic nitrogens is 3. The molecule has 0 radical (unpaired) electrons. The van der Waals surface area contributed by atoms with Crippen molar-refractivity contribution in [1.29, 1.82) is 0 Å². The summed E-state index contributed by atoms with van der Waals surface area (Å²) in [6.45, 7) is 2.85. The van der Waals surface area contributed by atoms with Gasteiger partial charge in [0.05, 0.1) is 29.1 Å². The number of azo groups is 2. The fourth-order valence-electron chi connectivity index (χ4n) is 5.17. The van der Waals surface area contributed by atoms with Gasteiger partial charge in [-0.2, -0.15) is 45.5 Å². The third-order valence-electron chi connectivity index (χ3n) is 7.77. The van der Waals surface area contributed by atoms with Crippen LogP contribution in [0.4, 0.5) is 50.4 Å². The summed E-state index contributed by atoms with van der Waals surface area (Å²) in [7, 11) is -13.0. The zero-order chi connectivity index (χ0) is 42.7. The lowest BCUT2D eigenvalue weighted by molar-refractivity contribution is 0.326. The molecule has 0 aliphatic rings. The number of phenolic OH excluding ortho intramolecular Hbond substituents is 1. The monoisotopic (exact) mass is 882 g/mol. The number of nitrogens with zero attached hydrogens (tertiary/aromatic N) is 8. The molecule has 1 aromatic heterocycles. The Morgan fingerprint density at radius 1 is 0.879 bits per heavy atom. The predicted octanol–water partition coefficient (Wildman–Crippen LogP) is 5.10. The molecule has 22 nitrogen and oxygen atoms in total. The number of hydrogen-bond acceptors (Lipinski definition) is 19. The molecule has 0 saturated carbocycles. The molecule has 0 bridgehead atoms. The number of aromatic hydroxyl groups is 1. The molecule has 0 amide bonds. The van der Waals surface area contributed by atoms with Crippen LogP contribution >= 0.6 is 0 Å². The smallest absolute Gasteiger partial charge is 0.315 e. The minimum absolute atomic E-state index is 0.0267. The summed E-state index contributed by atoms with van der Waals surface area (Å²) < 4.78 is 133. The molecule has 0 aliphatic heterocycles. The lowest BCUT2D eigenvalue weighted by Crippen LogP contribution is -2.30. The van der Waals surface area contributed by atoms with Gasteiger partial charge in [-0.05, 0) is 67.3 Å². The maximum Gasteiger partial charge on any atom is 0.315 e. The Labute approximate surface area is 331 Å². The molecule has 0 spiro atoms. The second-order valence-electron chi connectivity index (χ2n) is 12.2. The Morgan fingerprint density at radius 2 is 1.53 bits per heavy atom. The summed E-state index contributed by atoms with van der Waals surface area (Å²) in [5, 5.41) is 29.6. The van der Waals surface area contributed by atoms with Crippen LogP contribution in [0.3, 0.4) is 0 Å². The fraction of sp³-hybridized carbons (Fsp3) is 0.194. The lowest BCUT2D eigenvalue weighted by atomic mass is 10.0. The summed E-state index contributed by atoms with van der Waals surface area (Å²) in [6.07, 6.45) is -1.39. The van der Waals surface area contributed by atoms with E-state index in [-0.39, 0.29) is 27.8 Å². The molecule has 58 heavy (non-hydrogen) atoms. The second kappa shape index (κ2) is 17.0. The Morgan fingerprint density at radius 3 is 2.17 bits per heavy atom. The van der Waals surface area contributed by atoms with Crippen LogP contribution in [-0.2, 0) is 45.6 Å². The third kappa shape index (κ3) is 10.6. The molecule has 4 aromatic carbocycles. The van der Waals surface area contributed by atoms with Crippen LogP contribution in [0.25, 0.3) is 10.8 Å². The van der Waals surface area contributed by atoms with Gasteiger partial charge in [-0.1, -0.05) is 17.7 Å². The van der Waals surface area contributed by atoms with Crippen LogP contribution in [0.15, 0.2) is 84.8 Å². The number of nitrogens with two attached hydrogens (primary N) is 1. The van der Waals surface area contributed by atoms with E-state index in [2.05, 4.69) is 44.9 Å². The van der Waals surface area contributed by atoms with Crippen molar-refractivity contribution in [3.63, 3.8) is 0 Å². The van der Waals surface area contributed by atoms with Crippen LogP contribution in [0.2, 0.25) is 0 Å². The van der Waals surface area contributed by atoms with E-state index in [4.69, 9.17) is 10.3 Å². The van der Waals surface area contributed by atoms with Crippen LogP contribution in [0.1, 0.15) is 11.1 Å². The highest BCUT2D eigenvalue weighted by Gasteiger charge is 2.26. The summed E-state index contributed by atoms with van der Waals surface area (Å²) in [6, 6.07) is 12.2. The standard InChI is InChI=1S/C31H31FN10O12S4/c1-16-4-6-19(7-5-16)38-40-26-17(2)12-18-13-23(58(51,52)53)27(28(43)24(18)25(26)33)41-39-21-14-20(8-9-22(21)57(48,49)50)34-30-35-29(32)36-31(37-30)42(3)15-56(46,47)11-10-54-55(44)45/h4-9,12-14,43H,10-11,15,33H2,1-3H3,(H,44,45)(H,48,49,50)(H,51,52,53)(H,34,35,36,37).